The van der Waals surface area contributed by atoms with Crippen molar-refractivity contribution in [1.82, 2.24) is 5.32 Å². The fourth-order valence-corrected chi connectivity index (χ4v) is 5.09. The third-order valence-electron chi connectivity index (χ3n) is 6.75. The van der Waals surface area contributed by atoms with Crippen molar-refractivity contribution in [2.75, 3.05) is 6.61 Å². The number of carbonyl (C=O) groups excluding carboxylic acids is 3. The zero-order valence-electron chi connectivity index (χ0n) is 21.2. The molecule has 1 aromatic carbocycles. The van der Waals surface area contributed by atoms with Crippen LogP contribution in [0.4, 0.5) is 9.18 Å². The topological polar surface area (TPSA) is 90.9 Å². The lowest BCUT2D eigenvalue weighted by Gasteiger charge is -2.31. The van der Waals surface area contributed by atoms with Crippen molar-refractivity contribution in [2.45, 2.75) is 96.8 Å². The number of amides is 1. The summed E-state index contributed by atoms with van der Waals surface area (Å²) < 4.78 is 30.0. The molecule has 2 fully saturated rings. The number of nitrogens with one attached hydrogen (secondary N) is 1. The number of benzene rings is 1. The molecule has 0 unspecified atom stereocenters. The largest absolute Gasteiger partial charge is 0.465 e. The predicted molar refractivity (Wildman–Crippen MR) is 128 cm³/mol. The van der Waals surface area contributed by atoms with Gasteiger partial charge in [0.15, 0.2) is 5.41 Å². The first-order chi connectivity index (χ1) is 16.5. The molecular formula is C27H38FNO6. The van der Waals surface area contributed by atoms with Crippen LogP contribution in [0.15, 0.2) is 24.3 Å². The Balaban J connectivity index is 1.85. The van der Waals surface area contributed by atoms with E-state index in [2.05, 4.69) is 5.32 Å². The molecule has 194 valence electrons. The van der Waals surface area contributed by atoms with Crippen LogP contribution in [-0.4, -0.2) is 42.4 Å². The smallest absolute Gasteiger partial charge is 0.408 e. The van der Waals surface area contributed by atoms with E-state index in [9.17, 15) is 18.8 Å². The Kier molecular flexibility index (Phi) is 8.78. The summed E-state index contributed by atoms with van der Waals surface area (Å²) in [5.41, 5.74) is -1.61. The van der Waals surface area contributed by atoms with Gasteiger partial charge in [-0.1, -0.05) is 44.2 Å². The van der Waals surface area contributed by atoms with Gasteiger partial charge in [0.1, 0.15) is 17.5 Å². The van der Waals surface area contributed by atoms with Crippen LogP contribution in [0.3, 0.4) is 0 Å². The van der Waals surface area contributed by atoms with Crippen LogP contribution in [0, 0.1) is 17.2 Å². The van der Waals surface area contributed by atoms with E-state index in [0.717, 1.165) is 25.7 Å². The summed E-state index contributed by atoms with van der Waals surface area (Å²) in [4.78, 5) is 39.0. The Morgan fingerprint density at radius 3 is 2.43 bits per heavy atom. The first-order valence-electron chi connectivity index (χ1n) is 12.6. The summed E-state index contributed by atoms with van der Waals surface area (Å²) in [7, 11) is 0. The first kappa shape index (κ1) is 27.0. The van der Waals surface area contributed by atoms with Gasteiger partial charge in [-0.2, -0.15) is 0 Å². The van der Waals surface area contributed by atoms with Crippen LogP contribution in [0.1, 0.15) is 78.2 Å². The minimum Gasteiger partial charge on any atom is -0.465 e. The number of esters is 2. The van der Waals surface area contributed by atoms with Crippen molar-refractivity contribution < 1.29 is 33.0 Å². The van der Waals surface area contributed by atoms with Crippen LogP contribution < -0.4 is 5.32 Å². The van der Waals surface area contributed by atoms with E-state index in [1.54, 1.807) is 39.8 Å². The summed E-state index contributed by atoms with van der Waals surface area (Å²) in [6, 6.07) is 5.19. The predicted octanol–water partition coefficient (Wildman–Crippen LogP) is 5.10. The van der Waals surface area contributed by atoms with Crippen molar-refractivity contribution in [3.8, 4) is 0 Å². The van der Waals surface area contributed by atoms with Gasteiger partial charge in [0.25, 0.3) is 0 Å². The first-order valence-corrected chi connectivity index (χ1v) is 12.6. The molecule has 1 saturated carbocycles. The number of hydrogen-bond donors (Lipinski definition) is 1. The molecule has 3 atom stereocenters. The number of hydrogen-bond acceptors (Lipinski definition) is 6. The standard InChI is InChI=1S/C27H38FNO6/c1-5-33-23(30)27(16-19-11-13-20(28)14-12-19)17-22(34-24(27)31)21(15-18-9-7-6-8-10-18)29-25(32)35-26(2,3)4/h11-14,18,21-22H,5-10,15-17H2,1-4H3,(H,29,32)/t21-,22-,27-/m0/s1. The maximum atomic E-state index is 13.4. The maximum absolute atomic E-state index is 13.4. The highest BCUT2D eigenvalue weighted by atomic mass is 19.1. The highest BCUT2D eigenvalue weighted by Gasteiger charge is 2.57. The summed E-state index contributed by atoms with van der Waals surface area (Å²) >= 11 is 0. The molecule has 1 saturated heterocycles. The second-order valence-corrected chi connectivity index (χ2v) is 10.7. The number of alkyl carbamates (subject to hydrolysis) is 1. The van der Waals surface area contributed by atoms with Crippen molar-refractivity contribution in [3.05, 3.63) is 35.6 Å². The van der Waals surface area contributed by atoms with Gasteiger partial charge >= 0.3 is 18.0 Å². The molecule has 1 N–H and O–H groups in total. The fourth-order valence-electron chi connectivity index (χ4n) is 5.09. The van der Waals surface area contributed by atoms with E-state index in [1.807, 2.05) is 0 Å². The minimum atomic E-state index is -1.56. The summed E-state index contributed by atoms with van der Waals surface area (Å²) in [6.07, 6.45) is 4.99. The molecule has 1 aliphatic heterocycles. The molecule has 3 rings (SSSR count). The van der Waals surface area contributed by atoms with Gasteiger partial charge < -0.3 is 19.5 Å². The summed E-state index contributed by atoms with van der Waals surface area (Å²) in [6.45, 7) is 7.15. The maximum Gasteiger partial charge on any atom is 0.408 e. The number of rotatable bonds is 8. The molecule has 8 heteroatoms. The monoisotopic (exact) mass is 491 g/mol. The third kappa shape index (κ3) is 7.18. The van der Waals surface area contributed by atoms with E-state index < -0.39 is 47.0 Å². The summed E-state index contributed by atoms with van der Waals surface area (Å²) in [5.74, 6) is -1.35. The average Bonchev–Trinajstić information content (AvgIpc) is 3.11. The summed E-state index contributed by atoms with van der Waals surface area (Å²) in [5, 5.41) is 2.92. The van der Waals surface area contributed by atoms with E-state index in [-0.39, 0.29) is 19.4 Å². The van der Waals surface area contributed by atoms with Gasteiger partial charge in [-0.05, 0) is 64.2 Å². The Morgan fingerprint density at radius 1 is 1.17 bits per heavy atom. The lowest BCUT2D eigenvalue weighted by molar-refractivity contribution is -0.165. The van der Waals surface area contributed by atoms with E-state index in [4.69, 9.17) is 14.2 Å². The second kappa shape index (κ2) is 11.4. The Morgan fingerprint density at radius 2 is 1.83 bits per heavy atom. The van der Waals surface area contributed by atoms with Crippen LogP contribution in [0.25, 0.3) is 0 Å². The molecule has 35 heavy (non-hydrogen) atoms. The minimum absolute atomic E-state index is 0.0318. The molecule has 1 amide bonds. The van der Waals surface area contributed by atoms with E-state index in [1.165, 1.54) is 18.6 Å². The van der Waals surface area contributed by atoms with Gasteiger partial charge in [-0.15, -0.1) is 0 Å². The quantitative estimate of drug-likeness (QED) is 0.309. The Labute approximate surface area is 207 Å². The van der Waals surface area contributed by atoms with Crippen LogP contribution in [-0.2, 0) is 30.2 Å². The lowest BCUT2D eigenvalue weighted by Crippen LogP contribution is -2.47. The van der Waals surface area contributed by atoms with Gasteiger partial charge in [0.05, 0.1) is 12.6 Å². The molecule has 1 aliphatic carbocycles. The van der Waals surface area contributed by atoms with Crippen molar-refractivity contribution in [3.63, 3.8) is 0 Å². The molecule has 0 spiro atoms. The molecule has 0 radical (unpaired) electrons. The number of cyclic esters (lactones) is 1. The van der Waals surface area contributed by atoms with Gasteiger partial charge in [-0.25, -0.2) is 9.18 Å². The zero-order valence-corrected chi connectivity index (χ0v) is 21.2. The molecular weight excluding hydrogens is 453 g/mol. The van der Waals surface area contributed by atoms with Crippen molar-refractivity contribution in [1.29, 1.82) is 0 Å². The zero-order chi connectivity index (χ0) is 25.6. The normalized spacial score (nSPS) is 23.9. The SMILES string of the molecule is CCOC(=O)[C@]1(Cc2ccc(F)cc2)C[C@@H]([C@H](CC2CCCCC2)NC(=O)OC(C)(C)C)OC1=O. The van der Waals surface area contributed by atoms with Crippen LogP contribution >= 0.6 is 0 Å². The highest BCUT2D eigenvalue weighted by molar-refractivity contribution is 6.01. The Bertz CT molecular complexity index is 890. The molecule has 7 nitrogen and oxygen atoms in total. The second-order valence-electron chi connectivity index (χ2n) is 10.7. The number of halogens is 1. The third-order valence-corrected chi connectivity index (χ3v) is 6.75. The molecule has 1 aromatic rings. The van der Waals surface area contributed by atoms with Crippen LogP contribution in [0.5, 0.6) is 0 Å². The Hall–Kier alpha value is -2.64. The molecule has 1 heterocycles. The number of ether oxygens (including phenoxy) is 3. The molecule has 0 bridgehead atoms. The van der Waals surface area contributed by atoms with Crippen LogP contribution in [0.2, 0.25) is 0 Å². The average molecular weight is 492 g/mol. The lowest BCUT2D eigenvalue weighted by atomic mass is 9.76. The van der Waals surface area contributed by atoms with Crippen molar-refractivity contribution >= 4 is 18.0 Å². The van der Waals surface area contributed by atoms with Gasteiger partial charge in [0, 0.05) is 6.42 Å². The van der Waals surface area contributed by atoms with Gasteiger partial charge in [0.2, 0.25) is 0 Å². The molecule has 0 aromatic heterocycles. The molecule has 2 aliphatic rings. The van der Waals surface area contributed by atoms with Crippen molar-refractivity contribution in [2.24, 2.45) is 11.3 Å². The fraction of sp³-hybridized carbons (Fsp3) is 0.667. The van der Waals surface area contributed by atoms with E-state index >= 15 is 0 Å². The van der Waals surface area contributed by atoms with E-state index in [0.29, 0.717) is 17.9 Å². The number of carbonyl (C=O) groups is 3. The van der Waals surface area contributed by atoms with Gasteiger partial charge in [-0.3, -0.25) is 9.59 Å². The highest BCUT2D eigenvalue weighted by Crippen LogP contribution is 2.41.